The van der Waals surface area contributed by atoms with Crippen LogP contribution in [0.2, 0.25) is 0 Å². The lowest BCUT2D eigenvalue weighted by Crippen LogP contribution is -2.24. The molecule has 0 spiro atoms. The van der Waals surface area contributed by atoms with E-state index < -0.39 is 0 Å². The molecule has 0 saturated heterocycles. The molecule has 0 radical (unpaired) electrons. The Morgan fingerprint density at radius 1 is 1.30 bits per heavy atom. The fourth-order valence-electron chi connectivity index (χ4n) is 2.39. The Hall–Kier alpha value is -1.39. The SMILES string of the molecule is CCC(NC(C)c1scnc1C)c1ccc(OC)cc1. The van der Waals surface area contributed by atoms with Crippen LogP contribution in [-0.2, 0) is 0 Å². The highest BCUT2D eigenvalue weighted by atomic mass is 32.1. The van der Waals surface area contributed by atoms with Gasteiger partial charge in [-0.05, 0) is 38.0 Å². The van der Waals surface area contributed by atoms with E-state index in [9.17, 15) is 0 Å². The molecule has 2 atom stereocenters. The van der Waals surface area contributed by atoms with Crippen LogP contribution >= 0.6 is 11.3 Å². The third kappa shape index (κ3) is 3.38. The zero-order chi connectivity index (χ0) is 14.5. The molecule has 0 aliphatic carbocycles. The first kappa shape index (κ1) is 15.0. The smallest absolute Gasteiger partial charge is 0.118 e. The molecule has 0 bridgehead atoms. The van der Waals surface area contributed by atoms with Crippen LogP contribution in [0, 0.1) is 6.92 Å². The normalized spacial score (nSPS) is 14.0. The van der Waals surface area contributed by atoms with Crippen molar-refractivity contribution in [2.75, 3.05) is 7.11 Å². The van der Waals surface area contributed by atoms with Crippen LogP contribution in [0.1, 0.15) is 48.5 Å². The lowest BCUT2D eigenvalue weighted by atomic mass is 10.0. The second kappa shape index (κ2) is 6.86. The topological polar surface area (TPSA) is 34.2 Å². The van der Waals surface area contributed by atoms with E-state index in [4.69, 9.17) is 4.74 Å². The van der Waals surface area contributed by atoms with Crippen LogP contribution < -0.4 is 10.1 Å². The van der Waals surface area contributed by atoms with Crippen molar-refractivity contribution >= 4 is 11.3 Å². The summed E-state index contributed by atoms with van der Waals surface area (Å²) in [6.45, 7) is 6.47. The molecule has 0 aliphatic rings. The Morgan fingerprint density at radius 3 is 2.50 bits per heavy atom. The van der Waals surface area contributed by atoms with E-state index >= 15 is 0 Å². The van der Waals surface area contributed by atoms with Crippen molar-refractivity contribution in [1.29, 1.82) is 0 Å². The summed E-state index contributed by atoms with van der Waals surface area (Å²) < 4.78 is 5.21. The van der Waals surface area contributed by atoms with Crippen molar-refractivity contribution in [2.45, 2.75) is 39.3 Å². The maximum atomic E-state index is 5.21. The van der Waals surface area contributed by atoms with Gasteiger partial charge >= 0.3 is 0 Å². The highest BCUT2D eigenvalue weighted by molar-refractivity contribution is 7.09. The zero-order valence-corrected chi connectivity index (χ0v) is 13.3. The van der Waals surface area contributed by atoms with Crippen molar-refractivity contribution in [3.8, 4) is 5.75 Å². The number of benzene rings is 1. The lowest BCUT2D eigenvalue weighted by Gasteiger charge is -2.22. The summed E-state index contributed by atoms with van der Waals surface area (Å²) >= 11 is 1.72. The minimum Gasteiger partial charge on any atom is -0.497 e. The first-order valence-corrected chi connectivity index (χ1v) is 7.83. The molecule has 1 aromatic carbocycles. The van der Waals surface area contributed by atoms with Gasteiger partial charge in [0.25, 0.3) is 0 Å². The number of aromatic nitrogens is 1. The molecular formula is C16H22N2OS. The number of nitrogens with zero attached hydrogens (tertiary/aromatic N) is 1. The van der Waals surface area contributed by atoms with E-state index in [1.165, 1.54) is 10.4 Å². The predicted molar refractivity (Wildman–Crippen MR) is 84.4 cm³/mol. The molecule has 1 aromatic heterocycles. The first-order chi connectivity index (χ1) is 9.65. The summed E-state index contributed by atoms with van der Waals surface area (Å²) in [6, 6.07) is 8.95. The van der Waals surface area contributed by atoms with Crippen LogP contribution in [0.15, 0.2) is 29.8 Å². The summed E-state index contributed by atoms with van der Waals surface area (Å²) in [5.74, 6) is 0.898. The van der Waals surface area contributed by atoms with Crippen molar-refractivity contribution in [3.05, 3.63) is 45.9 Å². The minimum absolute atomic E-state index is 0.314. The number of hydrogen-bond donors (Lipinski definition) is 1. The van der Waals surface area contributed by atoms with E-state index in [2.05, 4.69) is 43.2 Å². The van der Waals surface area contributed by atoms with Gasteiger partial charge in [-0.15, -0.1) is 11.3 Å². The monoisotopic (exact) mass is 290 g/mol. The number of methoxy groups -OCH3 is 1. The molecule has 0 fully saturated rings. The molecule has 1 heterocycles. The second-order valence-corrected chi connectivity index (χ2v) is 5.81. The third-order valence-corrected chi connectivity index (χ3v) is 4.67. The van der Waals surface area contributed by atoms with Crippen molar-refractivity contribution in [1.82, 2.24) is 10.3 Å². The first-order valence-electron chi connectivity index (χ1n) is 6.95. The molecule has 2 unspecified atom stereocenters. The van der Waals surface area contributed by atoms with Crippen LogP contribution in [0.3, 0.4) is 0 Å². The lowest BCUT2D eigenvalue weighted by molar-refractivity contribution is 0.413. The summed E-state index contributed by atoms with van der Waals surface area (Å²) in [5, 5.41) is 3.69. The Labute approximate surface area is 125 Å². The Balaban J connectivity index is 2.10. The Bertz CT molecular complexity index is 536. The second-order valence-electron chi connectivity index (χ2n) is 4.92. The van der Waals surface area contributed by atoms with E-state index in [1.807, 2.05) is 17.6 Å². The zero-order valence-electron chi connectivity index (χ0n) is 12.5. The number of nitrogens with one attached hydrogen (secondary N) is 1. The molecule has 2 rings (SSSR count). The van der Waals surface area contributed by atoms with E-state index in [-0.39, 0.29) is 0 Å². The van der Waals surface area contributed by atoms with Gasteiger partial charge < -0.3 is 10.1 Å². The number of thiazole rings is 1. The number of aryl methyl sites for hydroxylation is 1. The van der Waals surface area contributed by atoms with Gasteiger partial charge in [-0.1, -0.05) is 19.1 Å². The van der Waals surface area contributed by atoms with Gasteiger partial charge in [-0.3, -0.25) is 0 Å². The van der Waals surface area contributed by atoms with Gasteiger partial charge in [-0.2, -0.15) is 0 Å². The number of ether oxygens (including phenoxy) is 1. The van der Waals surface area contributed by atoms with Gasteiger partial charge in [0.15, 0.2) is 0 Å². The van der Waals surface area contributed by atoms with Gasteiger partial charge in [-0.25, -0.2) is 4.98 Å². The van der Waals surface area contributed by atoms with Crippen LogP contribution in [0.4, 0.5) is 0 Å². The van der Waals surface area contributed by atoms with Crippen LogP contribution in [-0.4, -0.2) is 12.1 Å². The van der Waals surface area contributed by atoms with E-state index in [1.54, 1.807) is 18.4 Å². The van der Waals surface area contributed by atoms with Gasteiger partial charge in [0.2, 0.25) is 0 Å². The van der Waals surface area contributed by atoms with Gasteiger partial charge in [0, 0.05) is 17.0 Å². The largest absolute Gasteiger partial charge is 0.497 e. The molecule has 1 N–H and O–H groups in total. The Morgan fingerprint density at radius 2 is 2.00 bits per heavy atom. The summed E-state index contributed by atoms with van der Waals surface area (Å²) in [6.07, 6.45) is 1.05. The average Bonchev–Trinajstić information content (AvgIpc) is 2.91. The molecule has 4 heteroatoms. The summed E-state index contributed by atoms with van der Waals surface area (Å²) in [5.41, 5.74) is 4.33. The van der Waals surface area contributed by atoms with Crippen LogP contribution in [0.5, 0.6) is 5.75 Å². The molecule has 3 nitrogen and oxygen atoms in total. The maximum Gasteiger partial charge on any atom is 0.118 e. The molecule has 2 aromatic rings. The average molecular weight is 290 g/mol. The molecule has 108 valence electrons. The molecule has 20 heavy (non-hydrogen) atoms. The Kier molecular flexibility index (Phi) is 5.15. The van der Waals surface area contributed by atoms with Gasteiger partial charge in [0.1, 0.15) is 5.75 Å². The standard InChI is InChI=1S/C16H22N2OS/c1-5-15(13-6-8-14(19-4)9-7-13)18-12(3)16-11(2)17-10-20-16/h6-10,12,15,18H,5H2,1-4H3. The van der Waals surface area contributed by atoms with E-state index in [0.717, 1.165) is 17.9 Å². The number of rotatable bonds is 6. The molecule has 0 amide bonds. The van der Waals surface area contributed by atoms with E-state index in [0.29, 0.717) is 12.1 Å². The molecule has 0 saturated carbocycles. The fraction of sp³-hybridized carbons (Fsp3) is 0.438. The maximum absolute atomic E-state index is 5.21. The fourth-order valence-corrected chi connectivity index (χ4v) is 3.21. The highest BCUT2D eigenvalue weighted by Crippen LogP contribution is 2.27. The number of hydrogen-bond acceptors (Lipinski definition) is 4. The minimum atomic E-state index is 0.314. The van der Waals surface area contributed by atoms with Crippen molar-refractivity contribution < 1.29 is 4.74 Å². The van der Waals surface area contributed by atoms with Crippen molar-refractivity contribution in [3.63, 3.8) is 0 Å². The predicted octanol–water partition coefficient (Wildman–Crippen LogP) is 4.26. The van der Waals surface area contributed by atoms with Crippen molar-refractivity contribution in [2.24, 2.45) is 0 Å². The van der Waals surface area contributed by atoms with Crippen LogP contribution in [0.25, 0.3) is 0 Å². The molecule has 0 aliphatic heterocycles. The highest BCUT2D eigenvalue weighted by Gasteiger charge is 2.16. The summed E-state index contributed by atoms with van der Waals surface area (Å²) in [7, 11) is 1.69. The molecular weight excluding hydrogens is 268 g/mol. The third-order valence-electron chi connectivity index (χ3n) is 3.55. The quantitative estimate of drug-likeness (QED) is 0.863. The van der Waals surface area contributed by atoms with Gasteiger partial charge in [0.05, 0.1) is 18.3 Å². The summed E-state index contributed by atoms with van der Waals surface area (Å²) in [4.78, 5) is 5.64.